The first-order valence-corrected chi connectivity index (χ1v) is 10.0. The van der Waals surface area contributed by atoms with Crippen molar-refractivity contribution >= 4 is 28.3 Å². The second-order valence-corrected chi connectivity index (χ2v) is 7.14. The minimum absolute atomic E-state index is 0.0768. The third kappa shape index (κ3) is 3.14. The fourth-order valence-corrected chi connectivity index (χ4v) is 3.83. The van der Waals surface area contributed by atoms with Gasteiger partial charge >= 0.3 is 0 Å². The molecular weight excluding hydrogens is 374 g/mol. The summed E-state index contributed by atoms with van der Waals surface area (Å²) < 4.78 is 5.57. The summed E-state index contributed by atoms with van der Waals surface area (Å²) in [6.45, 7) is 2.57. The summed E-state index contributed by atoms with van der Waals surface area (Å²) in [4.78, 5) is 20.2. The molecule has 0 saturated heterocycles. The minimum atomic E-state index is -0.378. The van der Waals surface area contributed by atoms with Gasteiger partial charge in [0.25, 0.3) is 5.91 Å². The van der Waals surface area contributed by atoms with E-state index in [9.17, 15) is 4.79 Å². The SMILES string of the molecule is CCOc1ccc([C@@H]2Nc3nc4ccccc4cc3C(=O)N2c2ccccc2)cc1. The van der Waals surface area contributed by atoms with E-state index in [-0.39, 0.29) is 12.1 Å². The number of fused-ring (bicyclic) bond motifs is 2. The molecule has 5 rings (SSSR count). The van der Waals surface area contributed by atoms with Gasteiger partial charge in [-0.25, -0.2) is 4.98 Å². The lowest BCUT2D eigenvalue weighted by Gasteiger charge is -2.37. The first kappa shape index (κ1) is 18.2. The van der Waals surface area contributed by atoms with Gasteiger partial charge in [0.2, 0.25) is 0 Å². The molecule has 0 saturated carbocycles. The molecule has 0 spiro atoms. The summed E-state index contributed by atoms with van der Waals surface area (Å²) in [5.41, 5.74) is 3.21. The second-order valence-electron chi connectivity index (χ2n) is 7.14. The second kappa shape index (κ2) is 7.52. The Hall–Kier alpha value is -3.86. The van der Waals surface area contributed by atoms with Crippen LogP contribution in [0.1, 0.15) is 29.0 Å². The predicted molar refractivity (Wildman–Crippen MR) is 119 cm³/mol. The van der Waals surface area contributed by atoms with Gasteiger partial charge in [-0.2, -0.15) is 0 Å². The molecule has 30 heavy (non-hydrogen) atoms. The van der Waals surface area contributed by atoms with E-state index in [4.69, 9.17) is 9.72 Å². The number of rotatable bonds is 4. The van der Waals surface area contributed by atoms with E-state index in [0.717, 1.165) is 27.9 Å². The quantitative estimate of drug-likeness (QED) is 0.502. The highest BCUT2D eigenvalue weighted by Crippen LogP contribution is 2.37. The zero-order valence-electron chi connectivity index (χ0n) is 16.6. The number of hydrogen-bond acceptors (Lipinski definition) is 4. The molecule has 148 valence electrons. The van der Waals surface area contributed by atoms with Gasteiger partial charge in [0.05, 0.1) is 17.7 Å². The van der Waals surface area contributed by atoms with Crippen molar-refractivity contribution in [3.8, 4) is 5.75 Å². The van der Waals surface area contributed by atoms with Gasteiger partial charge in [-0.05, 0) is 48.9 Å². The van der Waals surface area contributed by atoms with E-state index >= 15 is 0 Å². The molecule has 0 fully saturated rings. The van der Waals surface area contributed by atoms with Gasteiger partial charge < -0.3 is 10.1 Å². The van der Waals surface area contributed by atoms with Crippen LogP contribution in [0.4, 0.5) is 11.5 Å². The summed E-state index contributed by atoms with van der Waals surface area (Å²) in [7, 11) is 0. The van der Waals surface area contributed by atoms with Gasteiger partial charge in [-0.1, -0.05) is 48.5 Å². The molecular formula is C25H21N3O2. The van der Waals surface area contributed by atoms with E-state index in [1.807, 2.05) is 91.9 Å². The number of carbonyl (C=O) groups is 1. The maximum absolute atomic E-state index is 13.6. The Morgan fingerprint density at radius 3 is 2.47 bits per heavy atom. The first-order chi connectivity index (χ1) is 14.7. The van der Waals surface area contributed by atoms with E-state index in [1.54, 1.807) is 4.90 Å². The number of pyridine rings is 1. The van der Waals surface area contributed by atoms with Gasteiger partial charge in [-0.3, -0.25) is 9.69 Å². The lowest BCUT2D eigenvalue weighted by atomic mass is 10.0. The molecule has 0 aliphatic carbocycles. The lowest BCUT2D eigenvalue weighted by molar-refractivity contribution is 0.0974. The molecule has 0 unspecified atom stereocenters. The van der Waals surface area contributed by atoms with Gasteiger partial charge in [0.1, 0.15) is 17.7 Å². The van der Waals surface area contributed by atoms with Crippen molar-refractivity contribution in [2.24, 2.45) is 0 Å². The van der Waals surface area contributed by atoms with Gasteiger partial charge in [0, 0.05) is 11.1 Å². The molecule has 1 aromatic heterocycles. The highest BCUT2D eigenvalue weighted by molar-refractivity contribution is 6.13. The monoisotopic (exact) mass is 395 g/mol. The fraction of sp³-hybridized carbons (Fsp3) is 0.120. The average molecular weight is 395 g/mol. The van der Waals surface area contributed by atoms with Crippen LogP contribution in [0.5, 0.6) is 5.75 Å². The summed E-state index contributed by atoms with van der Waals surface area (Å²) in [5.74, 6) is 1.33. The third-order valence-corrected chi connectivity index (χ3v) is 5.25. The molecule has 3 aromatic carbocycles. The van der Waals surface area contributed by atoms with Crippen LogP contribution in [0.3, 0.4) is 0 Å². The Balaban J connectivity index is 1.64. The van der Waals surface area contributed by atoms with Crippen LogP contribution in [0.15, 0.2) is 84.9 Å². The number of anilines is 2. The van der Waals surface area contributed by atoms with Crippen molar-refractivity contribution in [2.75, 3.05) is 16.8 Å². The van der Waals surface area contributed by atoms with Crippen molar-refractivity contribution in [2.45, 2.75) is 13.1 Å². The van der Waals surface area contributed by atoms with Gasteiger partial charge in [0.15, 0.2) is 0 Å². The number of carbonyl (C=O) groups excluding carboxylic acids is 1. The molecule has 1 atom stereocenters. The predicted octanol–water partition coefficient (Wildman–Crippen LogP) is 5.40. The Kier molecular flexibility index (Phi) is 4.56. The smallest absolute Gasteiger partial charge is 0.264 e. The van der Waals surface area contributed by atoms with Crippen molar-refractivity contribution in [1.82, 2.24) is 4.98 Å². The van der Waals surface area contributed by atoms with Crippen LogP contribution in [-0.2, 0) is 0 Å². The highest BCUT2D eigenvalue weighted by atomic mass is 16.5. The van der Waals surface area contributed by atoms with Crippen molar-refractivity contribution in [3.63, 3.8) is 0 Å². The fourth-order valence-electron chi connectivity index (χ4n) is 3.83. The molecule has 0 radical (unpaired) electrons. The van der Waals surface area contributed by atoms with Crippen LogP contribution < -0.4 is 15.0 Å². The van der Waals surface area contributed by atoms with Crippen LogP contribution in [0.25, 0.3) is 10.9 Å². The van der Waals surface area contributed by atoms with Crippen molar-refractivity contribution in [1.29, 1.82) is 0 Å². The molecule has 1 N–H and O–H groups in total. The Morgan fingerprint density at radius 2 is 1.70 bits per heavy atom. The lowest BCUT2D eigenvalue weighted by Crippen LogP contribution is -2.43. The number of nitrogens with zero attached hydrogens (tertiary/aromatic N) is 2. The van der Waals surface area contributed by atoms with Gasteiger partial charge in [-0.15, -0.1) is 0 Å². The largest absolute Gasteiger partial charge is 0.494 e. The Bertz CT molecular complexity index is 1210. The summed E-state index contributed by atoms with van der Waals surface area (Å²) in [5, 5.41) is 4.43. The summed E-state index contributed by atoms with van der Waals surface area (Å²) >= 11 is 0. The van der Waals surface area contributed by atoms with Crippen molar-refractivity contribution < 1.29 is 9.53 Å². The highest BCUT2D eigenvalue weighted by Gasteiger charge is 2.35. The number of nitrogens with one attached hydrogen (secondary N) is 1. The number of aromatic nitrogens is 1. The zero-order chi connectivity index (χ0) is 20.5. The molecule has 0 bridgehead atoms. The third-order valence-electron chi connectivity index (χ3n) is 5.25. The molecule has 5 nitrogen and oxygen atoms in total. The summed E-state index contributed by atoms with van der Waals surface area (Å²) in [6.07, 6.45) is -0.378. The number of para-hydroxylation sites is 2. The zero-order valence-corrected chi connectivity index (χ0v) is 16.6. The molecule has 1 aliphatic heterocycles. The van der Waals surface area contributed by atoms with E-state index in [2.05, 4.69) is 5.32 Å². The number of benzene rings is 3. The summed E-state index contributed by atoms with van der Waals surface area (Å²) in [6, 6.07) is 27.3. The number of ether oxygens (including phenoxy) is 1. The number of amides is 1. The molecule has 1 aliphatic rings. The maximum atomic E-state index is 13.6. The van der Waals surface area contributed by atoms with E-state index in [0.29, 0.717) is 18.0 Å². The van der Waals surface area contributed by atoms with Crippen LogP contribution in [0, 0.1) is 0 Å². The number of hydrogen-bond donors (Lipinski definition) is 1. The van der Waals surface area contributed by atoms with E-state index in [1.165, 1.54) is 0 Å². The van der Waals surface area contributed by atoms with Crippen LogP contribution >= 0.6 is 0 Å². The average Bonchev–Trinajstić information content (AvgIpc) is 2.79. The molecule has 5 heteroatoms. The van der Waals surface area contributed by atoms with Crippen LogP contribution in [-0.4, -0.2) is 17.5 Å². The first-order valence-electron chi connectivity index (χ1n) is 10.0. The minimum Gasteiger partial charge on any atom is -0.494 e. The molecule has 4 aromatic rings. The Morgan fingerprint density at radius 1 is 0.967 bits per heavy atom. The Labute approximate surface area is 174 Å². The maximum Gasteiger partial charge on any atom is 0.264 e. The molecule has 1 amide bonds. The standard InChI is InChI=1S/C25H21N3O2/c1-2-30-20-14-12-17(13-15-20)24-27-23-21(16-18-8-6-7-11-22(18)26-23)25(29)28(24)19-9-4-3-5-10-19/h3-16,24H,2H2,1H3,(H,26,27)/t24-/m1/s1. The van der Waals surface area contributed by atoms with E-state index < -0.39 is 0 Å². The van der Waals surface area contributed by atoms with Crippen LogP contribution in [0.2, 0.25) is 0 Å². The molecule has 2 heterocycles. The topological polar surface area (TPSA) is 54.5 Å². The normalized spacial score (nSPS) is 15.6. The van der Waals surface area contributed by atoms with Crippen molar-refractivity contribution in [3.05, 3.63) is 96.1 Å².